The summed E-state index contributed by atoms with van der Waals surface area (Å²) >= 11 is 5.59. The van der Waals surface area contributed by atoms with Gasteiger partial charge in [-0.1, -0.05) is 11.6 Å². The molecule has 0 saturated carbocycles. The first-order valence-electron chi connectivity index (χ1n) is 7.80. The minimum Gasteiger partial charge on any atom is -0.367 e. The van der Waals surface area contributed by atoms with Crippen molar-refractivity contribution in [3.8, 4) is 0 Å². The van der Waals surface area contributed by atoms with Gasteiger partial charge in [0.05, 0.1) is 12.0 Å². The number of carbonyl (C=O) groups excluding carboxylic acids is 1. The molecular formula is C15H20ClF3N4O2. The van der Waals surface area contributed by atoms with E-state index in [0.29, 0.717) is 19.3 Å². The molecule has 0 aromatic carbocycles. The van der Waals surface area contributed by atoms with Crippen LogP contribution >= 0.6 is 11.6 Å². The summed E-state index contributed by atoms with van der Waals surface area (Å²) in [6.07, 6.45) is -2.45. The van der Waals surface area contributed by atoms with E-state index in [2.05, 4.69) is 15.3 Å². The molecule has 0 aliphatic carbocycles. The monoisotopic (exact) mass is 380 g/mol. The highest BCUT2D eigenvalue weighted by Crippen LogP contribution is 2.33. The van der Waals surface area contributed by atoms with Crippen LogP contribution in [-0.4, -0.2) is 40.1 Å². The molecule has 10 heteroatoms. The van der Waals surface area contributed by atoms with Crippen LogP contribution in [0.2, 0.25) is 5.15 Å². The lowest BCUT2D eigenvalue weighted by Gasteiger charge is -2.33. The normalized spacial score (nSPS) is 19.6. The lowest BCUT2D eigenvalue weighted by Crippen LogP contribution is -2.44. The minimum absolute atomic E-state index is 0.00648. The van der Waals surface area contributed by atoms with Gasteiger partial charge in [-0.3, -0.25) is 0 Å². The van der Waals surface area contributed by atoms with Crippen molar-refractivity contribution in [2.45, 2.75) is 45.8 Å². The van der Waals surface area contributed by atoms with Crippen molar-refractivity contribution in [2.24, 2.45) is 5.41 Å². The van der Waals surface area contributed by atoms with E-state index in [9.17, 15) is 18.0 Å². The molecule has 6 nitrogen and oxygen atoms in total. The fourth-order valence-corrected chi connectivity index (χ4v) is 2.44. The summed E-state index contributed by atoms with van der Waals surface area (Å²) in [6, 6.07) is -0.172. The zero-order chi connectivity index (χ0) is 18.8. The fourth-order valence-electron chi connectivity index (χ4n) is 2.20. The SMILES string of the molecule is CC(C)(C)C(=O)ON1CCC[C@H](Nc2ncc(C(F)(F)F)c(Cl)n2)C1. The second-order valence-corrected chi connectivity index (χ2v) is 7.25. The van der Waals surface area contributed by atoms with Crippen LogP contribution in [0.15, 0.2) is 6.20 Å². The van der Waals surface area contributed by atoms with Crippen LogP contribution in [0.25, 0.3) is 0 Å². The van der Waals surface area contributed by atoms with E-state index in [4.69, 9.17) is 16.4 Å². The van der Waals surface area contributed by atoms with Gasteiger partial charge in [0.2, 0.25) is 5.95 Å². The second-order valence-electron chi connectivity index (χ2n) is 6.90. The summed E-state index contributed by atoms with van der Waals surface area (Å²) in [6.45, 7) is 6.24. The third-order valence-electron chi connectivity index (χ3n) is 3.59. The highest BCUT2D eigenvalue weighted by molar-refractivity contribution is 6.30. The predicted octanol–water partition coefficient (Wildman–Crippen LogP) is 3.53. The third-order valence-corrected chi connectivity index (χ3v) is 3.88. The number of alkyl halides is 3. The van der Waals surface area contributed by atoms with Crippen molar-refractivity contribution >= 4 is 23.5 Å². The minimum atomic E-state index is -4.60. The Hall–Kier alpha value is -1.61. The summed E-state index contributed by atoms with van der Waals surface area (Å²) in [5, 5.41) is 3.82. The zero-order valence-corrected chi connectivity index (χ0v) is 14.9. The Bertz CT molecular complexity index is 634. The van der Waals surface area contributed by atoms with Crippen molar-refractivity contribution in [1.82, 2.24) is 15.0 Å². The Kier molecular flexibility index (Phi) is 5.78. The molecule has 25 heavy (non-hydrogen) atoms. The number of hydrogen-bond donors (Lipinski definition) is 1. The van der Waals surface area contributed by atoms with Gasteiger partial charge in [-0.25, -0.2) is 14.8 Å². The van der Waals surface area contributed by atoms with E-state index >= 15 is 0 Å². The average molecular weight is 381 g/mol. The molecule has 0 unspecified atom stereocenters. The predicted molar refractivity (Wildman–Crippen MR) is 85.8 cm³/mol. The van der Waals surface area contributed by atoms with E-state index in [-0.39, 0.29) is 18.0 Å². The number of rotatable bonds is 3. The van der Waals surface area contributed by atoms with Gasteiger partial charge in [0.1, 0.15) is 10.7 Å². The van der Waals surface area contributed by atoms with Crippen molar-refractivity contribution < 1.29 is 22.8 Å². The topological polar surface area (TPSA) is 67.3 Å². The van der Waals surface area contributed by atoms with E-state index in [1.165, 1.54) is 0 Å². The first-order chi connectivity index (χ1) is 11.5. The summed E-state index contributed by atoms with van der Waals surface area (Å²) in [4.78, 5) is 24.6. The van der Waals surface area contributed by atoms with Crippen LogP contribution in [0.3, 0.4) is 0 Å². The average Bonchev–Trinajstić information content (AvgIpc) is 2.45. The van der Waals surface area contributed by atoms with Crippen LogP contribution in [0, 0.1) is 5.41 Å². The Morgan fingerprint density at radius 3 is 2.64 bits per heavy atom. The van der Waals surface area contributed by atoms with Crippen molar-refractivity contribution in [1.29, 1.82) is 0 Å². The first-order valence-corrected chi connectivity index (χ1v) is 8.18. The maximum absolute atomic E-state index is 12.7. The molecule has 2 rings (SSSR count). The number of nitrogens with zero attached hydrogens (tertiary/aromatic N) is 3. The number of hydroxylamine groups is 2. The van der Waals surface area contributed by atoms with Crippen molar-refractivity contribution in [2.75, 3.05) is 18.4 Å². The van der Waals surface area contributed by atoms with Crippen molar-refractivity contribution in [3.63, 3.8) is 0 Å². The highest BCUT2D eigenvalue weighted by atomic mass is 35.5. The van der Waals surface area contributed by atoms with Crippen LogP contribution in [-0.2, 0) is 15.8 Å². The number of nitrogens with one attached hydrogen (secondary N) is 1. The number of aromatic nitrogens is 2. The van der Waals surface area contributed by atoms with Crippen molar-refractivity contribution in [3.05, 3.63) is 16.9 Å². The zero-order valence-electron chi connectivity index (χ0n) is 14.2. The van der Waals surface area contributed by atoms with Gasteiger partial charge in [-0.05, 0) is 33.6 Å². The summed E-state index contributed by atoms with van der Waals surface area (Å²) < 4.78 is 38.0. The fraction of sp³-hybridized carbons (Fsp3) is 0.667. The Labute approximate surface area is 148 Å². The molecule has 1 fully saturated rings. The molecule has 1 aliphatic heterocycles. The van der Waals surface area contributed by atoms with E-state index < -0.39 is 22.3 Å². The number of piperidine rings is 1. The Morgan fingerprint density at radius 2 is 2.08 bits per heavy atom. The standard InChI is InChI=1S/C15H20ClF3N4O2/c1-14(2,3)12(24)25-23-6-4-5-9(8-23)21-13-20-7-10(11(16)22-13)15(17,18)19/h7,9H,4-6,8H2,1-3H3,(H,20,21,22)/t9-/m0/s1. The number of carbonyl (C=O) groups is 1. The van der Waals surface area contributed by atoms with Gasteiger partial charge < -0.3 is 10.2 Å². The van der Waals surface area contributed by atoms with Crippen LogP contribution in [0.4, 0.5) is 19.1 Å². The smallest absolute Gasteiger partial charge is 0.367 e. The van der Waals surface area contributed by atoms with Gasteiger partial charge in [0, 0.05) is 18.8 Å². The van der Waals surface area contributed by atoms with Crippen LogP contribution in [0.5, 0.6) is 0 Å². The maximum atomic E-state index is 12.7. The molecule has 1 aromatic rings. The lowest BCUT2D eigenvalue weighted by atomic mass is 9.98. The van der Waals surface area contributed by atoms with Gasteiger partial charge >= 0.3 is 12.1 Å². The summed E-state index contributed by atoms with van der Waals surface area (Å²) in [7, 11) is 0. The molecular weight excluding hydrogens is 361 g/mol. The van der Waals surface area contributed by atoms with Gasteiger partial charge in [0.15, 0.2) is 0 Å². The Balaban J connectivity index is 1.99. The molecule has 2 heterocycles. The van der Waals surface area contributed by atoms with Crippen LogP contribution in [0.1, 0.15) is 39.2 Å². The number of halogens is 4. The largest absolute Gasteiger partial charge is 0.420 e. The molecule has 1 N–H and O–H groups in total. The molecule has 140 valence electrons. The third kappa shape index (κ3) is 5.43. The molecule has 1 aromatic heterocycles. The molecule has 0 bridgehead atoms. The summed E-state index contributed by atoms with van der Waals surface area (Å²) in [5.41, 5.74) is -1.70. The van der Waals surface area contributed by atoms with E-state index in [1.807, 2.05) is 0 Å². The number of hydrogen-bond acceptors (Lipinski definition) is 6. The number of anilines is 1. The quantitative estimate of drug-likeness (QED) is 0.809. The van der Waals surface area contributed by atoms with Gasteiger partial charge in [0.25, 0.3) is 0 Å². The molecule has 0 radical (unpaired) electrons. The second kappa shape index (κ2) is 7.33. The maximum Gasteiger partial charge on any atom is 0.420 e. The first kappa shape index (κ1) is 19.7. The van der Waals surface area contributed by atoms with Gasteiger partial charge in [-0.15, -0.1) is 5.06 Å². The molecule has 0 amide bonds. The molecule has 1 saturated heterocycles. The molecule has 0 spiro atoms. The van der Waals surface area contributed by atoms with E-state index in [1.54, 1.807) is 25.8 Å². The van der Waals surface area contributed by atoms with Gasteiger partial charge in [-0.2, -0.15) is 13.2 Å². The lowest BCUT2D eigenvalue weighted by molar-refractivity contribution is -0.204. The Morgan fingerprint density at radius 1 is 1.40 bits per heavy atom. The summed E-state index contributed by atoms with van der Waals surface area (Å²) in [5.74, 6) is -0.339. The van der Waals surface area contributed by atoms with E-state index in [0.717, 1.165) is 12.8 Å². The molecule has 1 atom stereocenters. The molecule has 1 aliphatic rings. The van der Waals surface area contributed by atoms with Crippen LogP contribution < -0.4 is 5.32 Å². The highest BCUT2D eigenvalue weighted by Gasteiger charge is 2.35.